The van der Waals surface area contributed by atoms with Gasteiger partial charge in [0.25, 0.3) is 0 Å². The summed E-state index contributed by atoms with van der Waals surface area (Å²) in [6.45, 7) is 7.77. The fourth-order valence-electron chi connectivity index (χ4n) is 2.23. The first-order valence-electron chi connectivity index (χ1n) is 8.92. The Hall–Kier alpha value is -1.92. The lowest BCUT2D eigenvalue weighted by molar-refractivity contribution is -0.144. The van der Waals surface area contributed by atoms with Crippen molar-refractivity contribution < 1.29 is 23.9 Å². The van der Waals surface area contributed by atoms with E-state index < -0.39 is 0 Å². The molecule has 0 aromatic rings. The van der Waals surface area contributed by atoms with E-state index in [1.54, 1.807) is 25.7 Å². The Kier molecular flexibility index (Phi) is 12.4. The summed E-state index contributed by atoms with van der Waals surface area (Å²) in [6, 6.07) is 0. The lowest BCUT2D eigenvalue weighted by Gasteiger charge is -2.24. The number of nitrogens with zero attached hydrogens (tertiary/aromatic N) is 1. The average Bonchev–Trinajstić information content (AvgIpc) is 2.52. The molecule has 0 spiro atoms. The summed E-state index contributed by atoms with van der Waals surface area (Å²) in [6.07, 6.45) is 3.38. The van der Waals surface area contributed by atoms with Gasteiger partial charge in [-0.15, -0.1) is 0 Å². The van der Waals surface area contributed by atoms with Crippen molar-refractivity contribution in [2.75, 3.05) is 26.2 Å². The van der Waals surface area contributed by atoms with Crippen LogP contribution in [0.1, 0.15) is 59.8 Å². The van der Waals surface area contributed by atoms with Gasteiger partial charge in [0.1, 0.15) is 12.4 Å². The van der Waals surface area contributed by atoms with E-state index >= 15 is 0 Å². The molecule has 0 saturated carbocycles. The lowest BCUT2D eigenvalue weighted by atomic mass is 10.1. The first-order valence-corrected chi connectivity index (χ1v) is 8.92. The largest absolute Gasteiger partial charge is 0.464 e. The minimum absolute atomic E-state index is 0.0656. The molecule has 0 bridgehead atoms. The minimum atomic E-state index is -0.389. The lowest BCUT2D eigenvalue weighted by Crippen LogP contribution is -2.39. The highest BCUT2D eigenvalue weighted by Gasteiger charge is 2.18. The van der Waals surface area contributed by atoms with Crippen molar-refractivity contribution in [2.24, 2.45) is 5.92 Å². The van der Waals surface area contributed by atoms with Crippen LogP contribution in [0, 0.1) is 5.92 Å². The molecule has 0 saturated heterocycles. The smallest absolute Gasteiger partial charge is 0.302 e. The van der Waals surface area contributed by atoms with E-state index in [2.05, 4.69) is 5.32 Å². The van der Waals surface area contributed by atoms with Gasteiger partial charge >= 0.3 is 5.97 Å². The van der Waals surface area contributed by atoms with Gasteiger partial charge in [-0.25, -0.2) is 0 Å². The fraction of sp³-hybridized carbons (Fsp3) is 0.778. The SMILES string of the molecule is CC(=O)CCCCCNC(=O)CCN(CCOC(C)=O)C(=O)C(C)C. The maximum Gasteiger partial charge on any atom is 0.302 e. The molecule has 0 aromatic heterocycles. The van der Waals surface area contributed by atoms with Crippen LogP contribution in [0.4, 0.5) is 0 Å². The third kappa shape index (κ3) is 13.1. The number of rotatable bonds is 13. The van der Waals surface area contributed by atoms with Crippen molar-refractivity contribution in [3.05, 3.63) is 0 Å². The molecule has 0 atom stereocenters. The van der Waals surface area contributed by atoms with Crippen molar-refractivity contribution >= 4 is 23.6 Å². The number of ether oxygens (including phenoxy) is 1. The molecule has 0 unspecified atom stereocenters. The Morgan fingerprint density at radius 1 is 0.960 bits per heavy atom. The molecule has 0 heterocycles. The Labute approximate surface area is 150 Å². The van der Waals surface area contributed by atoms with Crippen molar-refractivity contribution in [1.29, 1.82) is 0 Å². The Morgan fingerprint density at radius 3 is 2.20 bits per heavy atom. The molecule has 0 rings (SSSR count). The monoisotopic (exact) mass is 356 g/mol. The van der Waals surface area contributed by atoms with E-state index in [0.717, 1.165) is 19.3 Å². The van der Waals surface area contributed by atoms with Crippen molar-refractivity contribution in [1.82, 2.24) is 10.2 Å². The van der Waals surface area contributed by atoms with Gasteiger partial charge in [-0.1, -0.05) is 20.3 Å². The highest BCUT2D eigenvalue weighted by atomic mass is 16.5. The highest BCUT2D eigenvalue weighted by Crippen LogP contribution is 2.03. The molecule has 144 valence electrons. The summed E-state index contributed by atoms with van der Waals surface area (Å²) >= 11 is 0. The summed E-state index contributed by atoms with van der Waals surface area (Å²) in [5.74, 6) is -0.557. The number of unbranched alkanes of at least 4 members (excludes halogenated alkanes) is 2. The van der Waals surface area contributed by atoms with E-state index in [4.69, 9.17) is 4.74 Å². The van der Waals surface area contributed by atoms with E-state index in [0.29, 0.717) is 19.5 Å². The first-order chi connectivity index (χ1) is 11.7. The van der Waals surface area contributed by atoms with Crippen molar-refractivity contribution in [2.45, 2.75) is 59.8 Å². The molecule has 0 aromatic carbocycles. The van der Waals surface area contributed by atoms with E-state index in [1.807, 2.05) is 0 Å². The first kappa shape index (κ1) is 23.1. The van der Waals surface area contributed by atoms with Crippen LogP contribution in [0.2, 0.25) is 0 Å². The van der Waals surface area contributed by atoms with Crippen LogP contribution in [0.25, 0.3) is 0 Å². The molecule has 7 nitrogen and oxygen atoms in total. The van der Waals surface area contributed by atoms with Gasteiger partial charge in [-0.3, -0.25) is 14.4 Å². The second-order valence-corrected chi connectivity index (χ2v) is 6.43. The molecular formula is C18H32N2O5. The summed E-state index contributed by atoms with van der Waals surface area (Å²) in [7, 11) is 0. The van der Waals surface area contributed by atoms with Gasteiger partial charge in [0.2, 0.25) is 11.8 Å². The zero-order chi connectivity index (χ0) is 19.2. The molecular weight excluding hydrogens is 324 g/mol. The maximum atomic E-state index is 12.1. The quantitative estimate of drug-likeness (QED) is 0.400. The van der Waals surface area contributed by atoms with Crippen LogP contribution in [-0.2, 0) is 23.9 Å². The number of Topliss-reactive ketones (excluding diaryl/α,β-unsaturated/α-hetero) is 1. The van der Waals surface area contributed by atoms with Crippen LogP contribution < -0.4 is 5.32 Å². The number of hydrogen-bond acceptors (Lipinski definition) is 5. The maximum absolute atomic E-state index is 12.1. The van der Waals surface area contributed by atoms with E-state index in [-0.39, 0.29) is 49.1 Å². The zero-order valence-corrected chi connectivity index (χ0v) is 15.9. The second kappa shape index (κ2) is 13.4. The highest BCUT2D eigenvalue weighted by molar-refractivity contribution is 5.80. The van der Waals surface area contributed by atoms with E-state index in [9.17, 15) is 19.2 Å². The summed E-state index contributed by atoms with van der Waals surface area (Å²) in [4.78, 5) is 47.2. The van der Waals surface area contributed by atoms with E-state index in [1.165, 1.54) is 6.92 Å². The zero-order valence-electron chi connectivity index (χ0n) is 15.9. The normalized spacial score (nSPS) is 10.4. The predicted octanol–water partition coefficient (Wildman–Crippen LogP) is 1.69. The van der Waals surface area contributed by atoms with Crippen molar-refractivity contribution in [3.63, 3.8) is 0 Å². The van der Waals surface area contributed by atoms with Gasteiger partial charge in [0.15, 0.2) is 0 Å². The Bertz CT molecular complexity index is 449. The van der Waals surface area contributed by atoms with Crippen LogP contribution in [0.5, 0.6) is 0 Å². The van der Waals surface area contributed by atoms with Gasteiger partial charge < -0.3 is 19.7 Å². The molecule has 0 aliphatic heterocycles. The molecule has 0 fully saturated rings. The van der Waals surface area contributed by atoms with Crippen LogP contribution >= 0.6 is 0 Å². The molecule has 1 N–H and O–H groups in total. The predicted molar refractivity (Wildman–Crippen MR) is 94.8 cm³/mol. The number of carbonyl (C=O) groups is 4. The summed E-state index contributed by atoms with van der Waals surface area (Å²) < 4.78 is 4.87. The summed E-state index contributed by atoms with van der Waals surface area (Å²) in [5, 5.41) is 2.82. The third-order valence-electron chi connectivity index (χ3n) is 3.61. The number of hydrogen-bond donors (Lipinski definition) is 1. The van der Waals surface area contributed by atoms with Crippen LogP contribution in [-0.4, -0.2) is 54.7 Å². The third-order valence-corrected chi connectivity index (χ3v) is 3.61. The molecule has 0 aliphatic rings. The van der Waals surface area contributed by atoms with Crippen molar-refractivity contribution in [3.8, 4) is 0 Å². The molecule has 25 heavy (non-hydrogen) atoms. The number of amides is 2. The van der Waals surface area contributed by atoms with Gasteiger partial charge in [-0.2, -0.15) is 0 Å². The van der Waals surface area contributed by atoms with Crippen LogP contribution in [0.15, 0.2) is 0 Å². The standard InChI is InChI=1S/C18H32N2O5/c1-14(2)18(24)20(12-13-25-16(4)22)11-9-17(23)19-10-7-5-6-8-15(3)21/h14H,5-13H2,1-4H3,(H,19,23). The van der Waals surface area contributed by atoms with Gasteiger partial charge in [0, 0.05) is 38.8 Å². The molecule has 0 radical (unpaired) electrons. The Balaban J connectivity index is 4.07. The average molecular weight is 356 g/mol. The Morgan fingerprint density at radius 2 is 1.64 bits per heavy atom. The fourth-order valence-corrected chi connectivity index (χ4v) is 2.23. The molecule has 2 amide bonds. The minimum Gasteiger partial charge on any atom is -0.464 e. The molecule has 7 heteroatoms. The second-order valence-electron chi connectivity index (χ2n) is 6.43. The number of nitrogens with one attached hydrogen (secondary N) is 1. The summed E-state index contributed by atoms with van der Waals surface area (Å²) in [5.41, 5.74) is 0. The topological polar surface area (TPSA) is 92.8 Å². The number of carbonyl (C=O) groups excluding carboxylic acids is 4. The molecule has 0 aliphatic carbocycles. The number of esters is 1. The van der Waals surface area contributed by atoms with Crippen LogP contribution in [0.3, 0.4) is 0 Å². The van der Waals surface area contributed by atoms with Gasteiger partial charge in [-0.05, 0) is 19.8 Å². The number of ketones is 1. The van der Waals surface area contributed by atoms with Gasteiger partial charge in [0.05, 0.1) is 6.54 Å².